The Bertz CT molecular complexity index is 1320. The van der Waals surface area contributed by atoms with E-state index in [1.807, 2.05) is 59.3 Å². The molecule has 4 nitrogen and oxygen atoms in total. The van der Waals surface area contributed by atoms with E-state index in [4.69, 9.17) is 0 Å². The van der Waals surface area contributed by atoms with Gasteiger partial charge in [-0.3, -0.25) is 4.79 Å². The number of carbonyl (C=O) groups excluding carboxylic acids is 1. The fourth-order valence-electron chi connectivity index (χ4n) is 3.85. The highest BCUT2D eigenvalue weighted by Crippen LogP contribution is 2.24. The summed E-state index contributed by atoms with van der Waals surface area (Å²) in [5, 5.41) is 13.4. The molecular formula is C28H24FN3O. The minimum Gasteiger partial charge on any atom is -0.351 e. The molecule has 0 aliphatic carbocycles. The van der Waals surface area contributed by atoms with Crippen LogP contribution >= 0.6 is 0 Å². The van der Waals surface area contributed by atoms with Crippen LogP contribution < -0.4 is 5.32 Å². The van der Waals surface area contributed by atoms with E-state index >= 15 is 0 Å². The van der Waals surface area contributed by atoms with Gasteiger partial charge in [0.2, 0.25) is 0 Å². The quantitative estimate of drug-likeness (QED) is 0.225. The number of carbonyl (C=O) groups is 1. The van der Waals surface area contributed by atoms with Crippen LogP contribution in [0.4, 0.5) is 4.39 Å². The van der Waals surface area contributed by atoms with Crippen molar-refractivity contribution in [2.45, 2.75) is 19.4 Å². The molecule has 1 aromatic heterocycles. The van der Waals surface area contributed by atoms with Crippen molar-refractivity contribution in [2.24, 2.45) is 0 Å². The van der Waals surface area contributed by atoms with Crippen molar-refractivity contribution < 1.29 is 9.18 Å². The molecule has 0 atom stereocenters. The molecule has 0 fully saturated rings. The Kier molecular flexibility index (Phi) is 6.96. The number of halogens is 1. The Hall–Kier alpha value is -4.17. The smallest absolute Gasteiger partial charge is 0.261 e. The second-order valence-corrected chi connectivity index (χ2v) is 7.87. The first kappa shape index (κ1) is 22.0. The molecule has 1 amide bonds. The van der Waals surface area contributed by atoms with Crippen molar-refractivity contribution in [3.63, 3.8) is 0 Å². The van der Waals surface area contributed by atoms with Gasteiger partial charge in [-0.2, -0.15) is 5.26 Å². The van der Waals surface area contributed by atoms with E-state index in [0.29, 0.717) is 13.1 Å². The van der Waals surface area contributed by atoms with Gasteiger partial charge in [-0.15, -0.1) is 0 Å². The SMILES string of the molecule is N#C/C(=C/c1cn(Cc2ccc(F)cc2)c2ccccc12)C(=O)NCCCc1ccccc1. The molecule has 3 aromatic carbocycles. The summed E-state index contributed by atoms with van der Waals surface area (Å²) in [6, 6.07) is 26.4. The van der Waals surface area contributed by atoms with Crippen molar-refractivity contribution in [3.8, 4) is 6.07 Å². The van der Waals surface area contributed by atoms with E-state index in [0.717, 1.165) is 34.9 Å². The summed E-state index contributed by atoms with van der Waals surface area (Å²) in [5.74, 6) is -0.644. The summed E-state index contributed by atoms with van der Waals surface area (Å²) >= 11 is 0. The van der Waals surface area contributed by atoms with Gasteiger partial charge < -0.3 is 9.88 Å². The number of aromatic nitrogens is 1. The van der Waals surface area contributed by atoms with Gasteiger partial charge in [0.15, 0.2) is 0 Å². The lowest BCUT2D eigenvalue weighted by Crippen LogP contribution is -2.25. The molecule has 0 unspecified atom stereocenters. The van der Waals surface area contributed by atoms with E-state index < -0.39 is 0 Å². The standard InChI is InChI=1S/C28H24FN3O/c29-25-14-12-22(13-15-25)19-32-20-24(26-10-4-5-11-27(26)32)17-23(18-30)28(33)31-16-6-9-21-7-2-1-3-8-21/h1-5,7-8,10-15,17,20H,6,9,16,19H2,(H,31,33)/b23-17-. The van der Waals surface area contributed by atoms with Gasteiger partial charge in [0, 0.05) is 35.8 Å². The van der Waals surface area contributed by atoms with Crippen molar-refractivity contribution in [1.82, 2.24) is 9.88 Å². The Morgan fingerprint density at radius 2 is 1.70 bits per heavy atom. The summed E-state index contributed by atoms with van der Waals surface area (Å²) in [4.78, 5) is 12.6. The van der Waals surface area contributed by atoms with Crippen molar-refractivity contribution in [3.05, 3.63) is 113 Å². The molecule has 0 radical (unpaired) electrons. The van der Waals surface area contributed by atoms with Crippen molar-refractivity contribution in [1.29, 1.82) is 5.26 Å². The highest BCUT2D eigenvalue weighted by Gasteiger charge is 2.12. The van der Waals surface area contributed by atoms with Crippen molar-refractivity contribution in [2.75, 3.05) is 6.54 Å². The molecule has 1 N–H and O–H groups in total. The normalized spacial score (nSPS) is 11.3. The van der Waals surface area contributed by atoms with Crippen LogP contribution in [0.2, 0.25) is 0 Å². The topological polar surface area (TPSA) is 57.8 Å². The molecule has 33 heavy (non-hydrogen) atoms. The number of hydrogen-bond donors (Lipinski definition) is 1. The maximum absolute atomic E-state index is 13.3. The van der Waals surface area contributed by atoms with Crippen LogP contribution in [-0.4, -0.2) is 17.0 Å². The lowest BCUT2D eigenvalue weighted by Gasteiger charge is -2.05. The van der Waals surface area contributed by atoms with Crippen LogP contribution in [0.25, 0.3) is 17.0 Å². The first-order valence-electron chi connectivity index (χ1n) is 10.9. The number of aryl methyl sites for hydroxylation is 1. The second-order valence-electron chi connectivity index (χ2n) is 7.87. The number of benzene rings is 3. The summed E-state index contributed by atoms with van der Waals surface area (Å²) in [5.41, 5.74) is 4.03. The largest absolute Gasteiger partial charge is 0.351 e. The van der Waals surface area contributed by atoms with Gasteiger partial charge in [0.25, 0.3) is 5.91 Å². The van der Waals surface area contributed by atoms with Crippen LogP contribution in [0.1, 0.15) is 23.1 Å². The van der Waals surface area contributed by atoms with Gasteiger partial charge in [-0.1, -0.05) is 60.7 Å². The summed E-state index contributed by atoms with van der Waals surface area (Å²) in [6.45, 7) is 1.06. The van der Waals surface area contributed by atoms with Crippen LogP contribution in [0, 0.1) is 17.1 Å². The number of amides is 1. The number of nitrogens with zero attached hydrogens (tertiary/aromatic N) is 2. The number of hydrogen-bond acceptors (Lipinski definition) is 2. The predicted octanol–water partition coefficient (Wildman–Crippen LogP) is 5.48. The Balaban J connectivity index is 1.49. The van der Waals surface area contributed by atoms with Gasteiger partial charge in [0.05, 0.1) is 0 Å². The molecule has 0 bridgehead atoms. The Labute approximate surface area is 192 Å². The molecule has 1 heterocycles. The van der Waals surface area contributed by atoms with Gasteiger partial charge in [-0.05, 0) is 48.2 Å². The van der Waals surface area contributed by atoms with Crippen molar-refractivity contribution >= 4 is 22.9 Å². The fourth-order valence-corrected chi connectivity index (χ4v) is 3.85. The van der Waals surface area contributed by atoms with E-state index in [1.165, 1.54) is 17.7 Å². The third kappa shape index (κ3) is 5.55. The number of nitrogens with one attached hydrogen (secondary N) is 1. The van der Waals surface area contributed by atoms with Gasteiger partial charge in [-0.25, -0.2) is 4.39 Å². The Morgan fingerprint density at radius 1 is 0.970 bits per heavy atom. The molecule has 0 spiro atoms. The average Bonchev–Trinajstić information content (AvgIpc) is 3.19. The minimum atomic E-state index is -0.374. The first-order chi connectivity index (χ1) is 16.1. The van der Waals surface area contributed by atoms with E-state index in [2.05, 4.69) is 17.4 Å². The molecule has 0 saturated heterocycles. The van der Waals surface area contributed by atoms with E-state index in [9.17, 15) is 14.4 Å². The highest BCUT2D eigenvalue weighted by atomic mass is 19.1. The molecular weight excluding hydrogens is 413 g/mol. The molecule has 0 saturated carbocycles. The van der Waals surface area contributed by atoms with E-state index in [-0.39, 0.29) is 17.3 Å². The molecule has 164 valence electrons. The third-order valence-electron chi connectivity index (χ3n) is 5.52. The zero-order valence-corrected chi connectivity index (χ0v) is 18.2. The van der Waals surface area contributed by atoms with Crippen LogP contribution in [-0.2, 0) is 17.8 Å². The fraction of sp³-hybridized carbons (Fsp3) is 0.143. The minimum absolute atomic E-state index is 0.0689. The first-order valence-corrected chi connectivity index (χ1v) is 10.9. The van der Waals surface area contributed by atoms with Crippen LogP contribution in [0.15, 0.2) is 90.6 Å². The Morgan fingerprint density at radius 3 is 2.45 bits per heavy atom. The number of nitriles is 1. The molecule has 4 rings (SSSR count). The number of rotatable bonds is 8. The summed E-state index contributed by atoms with van der Waals surface area (Å²) in [7, 11) is 0. The maximum Gasteiger partial charge on any atom is 0.261 e. The molecule has 0 aliphatic heterocycles. The average molecular weight is 438 g/mol. The lowest BCUT2D eigenvalue weighted by atomic mass is 10.1. The highest BCUT2D eigenvalue weighted by molar-refractivity contribution is 6.04. The number of para-hydroxylation sites is 1. The molecule has 4 aromatic rings. The monoisotopic (exact) mass is 437 g/mol. The number of fused-ring (bicyclic) bond motifs is 1. The zero-order chi connectivity index (χ0) is 23.0. The van der Waals surface area contributed by atoms with E-state index in [1.54, 1.807) is 18.2 Å². The third-order valence-corrected chi connectivity index (χ3v) is 5.52. The summed E-state index contributed by atoms with van der Waals surface area (Å²) < 4.78 is 15.3. The molecule has 0 aliphatic rings. The van der Waals surface area contributed by atoms with Crippen LogP contribution in [0.3, 0.4) is 0 Å². The maximum atomic E-state index is 13.3. The summed E-state index contributed by atoms with van der Waals surface area (Å²) in [6.07, 6.45) is 5.22. The van der Waals surface area contributed by atoms with Gasteiger partial charge >= 0.3 is 0 Å². The second kappa shape index (κ2) is 10.4. The predicted molar refractivity (Wildman–Crippen MR) is 129 cm³/mol. The molecule has 5 heteroatoms. The zero-order valence-electron chi connectivity index (χ0n) is 18.2. The van der Waals surface area contributed by atoms with Crippen LogP contribution in [0.5, 0.6) is 0 Å². The van der Waals surface area contributed by atoms with Gasteiger partial charge in [0.1, 0.15) is 17.5 Å². The lowest BCUT2D eigenvalue weighted by molar-refractivity contribution is -0.117.